The number of aliphatic hydroxyl groups excluding tert-OH is 1. The number of nitrogens with zero attached hydrogens (tertiary/aromatic N) is 4. The van der Waals surface area contributed by atoms with Crippen molar-refractivity contribution >= 4 is 23.5 Å². The van der Waals surface area contributed by atoms with Gasteiger partial charge in [-0.1, -0.05) is 18.5 Å². The topological polar surface area (TPSA) is 78.8 Å². The molecule has 1 aromatic heterocycles. The lowest BCUT2D eigenvalue weighted by molar-refractivity contribution is -0.133. The van der Waals surface area contributed by atoms with Gasteiger partial charge in [-0.2, -0.15) is 0 Å². The van der Waals surface area contributed by atoms with Crippen LogP contribution in [0.5, 0.6) is 0 Å². The van der Waals surface area contributed by atoms with Gasteiger partial charge in [-0.3, -0.25) is 4.79 Å². The van der Waals surface area contributed by atoms with E-state index in [2.05, 4.69) is 9.97 Å². The van der Waals surface area contributed by atoms with Gasteiger partial charge in [0.1, 0.15) is 0 Å². The summed E-state index contributed by atoms with van der Waals surface area (Å²) in [6, 6.07) is 0. The predicted octanol–water partition coefficient (Wildman–Crippen LogP) is 0.956. The molecule has 0 aromatic carbocycles. The zero-order valence-electron chi connectivity index (χ0n) is 13.3. The maximum atomic E-state index is 12.2. The van der Waals surface area contributed by atoms with Crippen molar-refractivity contribution in [1.29, 1.82) is 0 Å². The highest BCUT2D eigenvalue weighted by molar-refractivity contribution is 6.30. The van der Waals surface area contributed by atoms with E-state index in [4.69, 9.17) is 21.4 Å². The Kier molecular flexibility index (Phi) is 7.01. The number of hydrogen-bond acceptors (Lipinski definition) is 6. The maximum Gasteiger partial charge on any atom is 0.225 e. The summed E-state index contributed by atoms with van der Waals surface area (Å²) in [6.07, 6.45) is 4.05. The number of carbonyl (C=O) groups is 1. The first kappa shape index (κ1) is 17.9. The van der Waals surface area contributed by atoms with E-state index in [0.717, 1.165) is 6.42 Å². The Morgan fingerprint density at radius 1 is 1.35 bits per heavy atom. The molecule has 1 unspecified atom stereocenters. The van der Waals surface area contributed by atoms with Crippen LogP contribution < -0.4 is 4.90 Å². The van der Waals surface area contributed by atoms with Crippen molar-refractivity contribution in [2.24, 2.45) is 0 Å². The molecule has 0 aliphatic carbocycles. The quantitative estimate of drug-likeness (QED) is 0.795. The lowest BCUT2D eigenvalue weighted by Gasteiger charge is -2.34. The summed E-state index contributed by atoms with van der Waals surface area (Å²) in [5.41, 5.74) is 0. The van der Waals surface area contributed by atoms with Gasteiger partial charge in [0.25, 0.3) is 0 Å². The van der Waals surface area contributed by atoms with Gasteiger partial charge in [-0.15, -0.1) is 0 Å². The van der Waals surface area contributed by atoms with E-state index in [9.17, 15) is 4.79 Å². The molecule has 1 saturated heterocycles. The van der Waals surface area contributed by atoms with Crippen molar-refractivity contribution in [3.05, 3.63) is 17.4 Å². The van der Waals surface area contributed by atoms with Crippen molar-refractivity contribution in [2.75, 3.05) is 44.3 Å². The summed E-state index contributed by atoms with van der Waals surface area (Å²) in [7, 11) is 0. The smallest absolute Gasteiger partial charge is 0.225 e. The number of aliphatic hydroxyl groups is 1. The summed E-state index contributed by atoms with van der Waals surface area (Å²) in [5.74, 6) is 0.716. The second-order valence-electron chi connectivity index (χ2n) is 5.40. The van der Waals surface area contributed by atoms with Crippen molar-refractivity contribution in [1.82, 2.24) is 14.9 Å². The molecule has 2 heterocycles. The molecular formula is C15H23ClN4O3. The first-order valence-electron chi connectivity index (χ1n) is 7.86. The molecular weight excluding hydrogens is 320 g/mol. The highest BCUT2D eigenvalue weighted by Gasteiger charge is 2.22. The highest BCUT2D eigenvalue weighted by atomic mass is 35.5. The van der Waals surface area contributed by atoms with Crippen LogP contribution in [-0.2, 0) is 9.53 Å². The van der Waals surface area contributed by atoms with Crippen LogP contribution in [0.3, 0.4) is 0 Å². The minimum atomic E-state index is -0.179. The van der Waals surface area contributed by atoms with Crippen molar-refractivity contribution in [3.63, 3.8) is 0 Å². The molecule has 0 radical (unpaired) electrons. The van der Waals surface area contributed by atoms with Crippen LogP contribution >= 0.6 is 11.6 Å². The molecule has 8 heteroatoms. The Balaban J connectivity index is 1.73. The van der Waals surface area contributed by atoms with E-state index in [1.807, 2.05) is 16.7 Å². The number of rotatable bonds is 7. The van der Waals surface area contributed by atoms with Crippen molar-refractivity contribution in [3.8, 4) is 0 Å². The molecule has 1 aliphatic rings. The molecule has 1 atom stereocenters. The second-order valence-corrected chi connectivity index (χ2v) is 5.84. The molecule has 1 N–H and O–H groups in total. The normalized spacial score (nSPS) is 16.5. The van der Waals surface area contributed by atoms with Crippen LogP contribution in [0.25, 0.3) is 0 Å². The minimum absolute atomic E-state index is 0.00947. The van der Waals surface area contributed by atoms with Crippen LogP contribution in [0, 0.1) is 0 Å². The summed E-state index contributed by atoms with van der Waals surface area (Å²) in [6.45, 7) is 4.96. The van der Waals surface area contributed by atoms with Gasteiger partial charge in [0, 0.05) is 26.2 Å². The first-order chi connectivity index (χ1) is 11.1. The van der Waals surface area contributed by atoms with E-state index in [0.29, 0.717) is 50.2 Å². The maximum absolute atomic E-state index is 12.2. The highest BCUT2D eigenvalue weighted by Crippen LogP contribution is 2.13. The third-order valence-electron chi connectivity index (χ3n) is 3.85. The fourth-order valence-corrected chi connectivity index (χ4v) is 2.49. The lowest BCUT2D eigenvalue weighted by Crippen LogP contribution is -2.49. The van der Waals surface area contributed by atoms with Crippen LogP contribution in [0.1, 0.15) is 19.8 Å². The molecule has 23 heavy (non-hydrogen) atoms. The summed E-state index contributed by atoms with van der Waals surface area (Å²) < 4.78 is 5.46. The number of aromatic nitrogens is 2. The summed E-state index contributed by atoms with van der Waals surface area (Å²) in [5, 5.41) is 9.56. The van der Waals surface area contributed by atoms with Crippen LogP contribution in [0.2, 0.25) is 5.02 Å². The molecule has 1 aromatic rings. The zero-order valence-corrected chi connectivity index (χ0v) is 14.1. The predicted molar refractivity (Wildman–Crippen MR) is 87.6 cm³/mol. The van der Waals surface area contributed by atoms with E-state index in [1.54, 1.807) is 12.4 Å². The van der Waals surface area contributed by atoms with Crippen LogP contribution in [-0.4, -0.2) is 71.4 Å². The fourth-order valence-electron chi connectivity index (χ4n) is 2.40. The molecule has 0 saturated carbocycles. The number of piperazine rings is 1. The third-order valence-corrected chi connectivity index (χ3v) is 4.05. The fraction of sp³-hybridized carbons (Fsp3) is 0.667. The standard InChI is InChI=1S/C15H23ClN4O3/c1-2-13(11-21)23-8-3-14(22)19-4-6-20(7-5-19)15-17-9-12(16)10-18-15/h9-10,13,21H,2-8,11H2,1H3. The van der Waals surface area contributed by atoms with Crippen LogP contribution in [0.15, 0.2) is 12.4 Å². The third kappa shape index (κ3) is 5.30. The molecule has 0 spiro atoms. The number of anilines is 1. The first-order valence-corrected chi connectivity index (χ1v) is 8.24. The molecule has 0 bridgehead atoms. The molecule has 7 nitrogen and oxygen atoms in total. The van der Waals surface area contributed by atoms with Crippen molar-refractivity contribution in [2.45, 2.75) is 25.9 Å². The van der Waals surface area contributed by atoms with Gasteiger partial charge in [-0.25, -0.2) is 9.97 Å². The van der Waals surface area contributed by atoms with E-state index in [1.165, 1.54) is 0 Å². The minimum Gasteiger partial charge on any atom is -0.394 e. The second kappa shape index (κ2) is 9.00. The summed E-state index contributed by atoms with van der Waals surface area (Å²) >= 11 is 5.78. The number of hydrogen-bond donors (Lipinski definition) is 1. The van der Waals surface area contributed by atoms with E-state index >= 15 is 0 Å². The van der Waals surface area contributed by atoms with Gasteiger partial charge in [0.15, 0.2) is 0 Å². The number of ether oxygens (including phenoxy) is 1. The number of halogens is 1. The summed E-state index contributed by atoms with van der Waals surface area (Å²) in [4.78, 5) is 24.4. The molecule has 1 aliphatic heterocycles. The average molecular weight is 343 g/mol. The monoisotopic (exact) mass is 342 g/mol. The Hall–Kier alpha value is -1.44. The Morgan fingerprint density at radius 3 is 2.57 bits per heavy atom. The van der Waals surface area contributed by atoms with Crippen molar-refractivity contribution < 1.29 is 14.6 Å². The van der Waals surface area contributed by atoms with E-state index in [-0.39, 0.29) is 18.6 Å². The zero-order chi connectivity index (χ0) is 16.7. The largest absolute Gasteiger partial charge is 0.394 e. The Morgan fingerprint density at radius 2 is 2.00 bits per heavy atom. The lowest BCUT2D eigenvalue weighted by atomic mass is 10.2. The molecule has 1 fully saturated rings. The van der Waals surface area contributed by atoms with Gasteiger partial charge in [0.05, 0.1) is 43.2 Å². The van der Waals surface area contributed by atoms with E-state index < -0.39 is 0 Å². The Bertz CT molecular complexity index is 488. The van der Waals surface area contributed by atoms with Crippen LogP contribution in [0.4, 0.5) is 5.95 Å². The van der Waals surface area contributed by atoms with Gasteiger partial charge >= 0.3 is 0 Å². The van der Waals surface area contributed by atoms with Gasteiger partial charge in [0.2, 0.25) is 11.9 Å². The number of carbonyl (C=O) groups excluding carboxylic acids is 1. The number of amides is 1. The van der Waals surface area contributed by atoms with Gasteiger partial charge in [-0.05, 0) is 6.42 Å². The van der Waals surface area contributed by atoms with Gasteiger partial charge < -0.3 is 19.6 Å². The average Bonchev–Trinajstić information content (AvgIpc) is 2.59. The Labute approximate surface area is 141 Å². The SMILES string of the molecule is CCC(CO)OCCC(=O)N1CCN(c2ncc(Cl)cn2)CC1. The molecule has 2 rings (SSSR count). The molecule has 1 amide bonds. The molecule has 128 valence electrons.